The summed E-state index contributed by atoms with van der Waals surface area (Å²) in [5, 5.41) is 0. The van der Waals surface area contributed by atoms with Crippen molar-refractivity contribution >= 4 is 7.85 Å². The highest BCUT2D eigenvalue weighted by molar-refractivity contribution is 6.14. The van der Waals surface area contributed by atoms with Crippen LogP contribution in [0.4, 0.5) is 0 Å². The first-order valence-corrected chi connectivity index (χ1v) is 7.87. The van der Waals surface area contributed by atoms with Crippen molar-refractivity contribution in [2.24, 2.45) is 0 Å². The molecule has 2 nitrogen and oxygen atoms in total. The van der Waals surface area contributed by atoms with Gasteiger partial charge >= 0.3 is 0 Å². The molecule has 112 valence electrons. The minimum absolute atomic E-state index is 0.484. The van der Waals surface area contributed by atoms with Crippen LogP contribution in [0, 0.1) is 0 Å². The molecular weight excluding hydrogens is 267 g/mol. The quantitative estimate of drug-likeness (QED) is 0.670. The molecule has 1 heterocycles. The van der Waals surface area contributed by atoms with Gasteiger partial charge in [0.15, 0.2) is 0 Å². The zero-order valence-corrected chi connectivity index (χ0v) is 13.4. The summed E-state index contributed by atoms with van der Waals surface area (Å²) in [5.41, 5.74) is 2.75. The maximum atomic E-state index is 3.90. The van der Waals surface area contributed by atoms with E-state index in [-0.39, 0.29) is 0 Å². The van der Waals surface area contributed by atoms with E-state index in [4.69, 9.17) is 0 Å². The van der Waals surface area contributed by atoms with E-state index in [1.807, 2.05) is 12.5 Å². The van der Waals surface area contributed by atoms with E-state index in [9.17, 15) is 0 Å². The molecule has 0 amide bonds. The number of aromatic nitrogens is 2. The summed E-state index contributed by atoms with van der Waals surface area (Å²) in [4.78, 5) is 3.90. The molecule has 0 aliphatic heterocycles. The van der Waals surface area contributed by atoms with Gasteiger partial charge in [-0.2, -0.15) is 0 Å². The van der Waals surface area contributed by atoms with Gasteiger partial charge in [-0.1, -0.05) is 67.6 Å². The summed E-state index contributed by atoms with van der Waals surface area (Å²) in [6.45, 7) is 3.24. The van der Waals surface area contributed by atoms with E-state index in [2.05, 4.69) is 85.0 Å². The highest BCUT2D eigenvalue weighted by atomic mass is 15.0. The molecule has 0 unspecified atom stereocenters. The van der Waals surface area contributed by atoms with Gasteiger partial charge in [-0.25, -0.2) is 4.98 Å². The Labute approximate surface area is 134 Å². The maximum absolute atomic E-state index is 3.90. The van der Waals surface area contributed by atoms with Crippen LogP contribution in [0.3, 0.4) is 0 Å². The third-order valence-corrected chi connectivity index (χ3v) is 3.64. The Kier molecular flexibility index (Phi) is 6.50. The van der Waals surface area contributed by atoms with Crippen molar-refractivity contribution in [1.29, 1.82) is 0 Å². The average molecular weight is 290 g/mol. The fraction of sp³-hybridized carbons (Fsp3) is 0.211. The summed E-state index contributed by atoms with van der Waals surface area (Å²) in [7, 11) is 2.24. The molecule has 3 aromatic rings. The smallest absolute Gasteiger partial charge is 0.116 e. The van der Waals surface area contributed by atoms with Gasteiger partial charge in [0.2, 0.25) is 0 Å². The molecule has 22 heavy (non-hydrogen) atoms. The predicted molar refractivity (Wildman–Crippen MR) is 95.8 cm³/mol. The number of hydrogen-bond acceptors (Lipinski definition) is 1. The van der Waals surface area contributed by atoms with E-state index in [1.54, 1.807) is 6.20 Å². The Morgan fingerprint density at radius 1 is 0.955 bits per heavy atom. The first-order valence-electron chi connectivity index (χ1n) is 7.87. The van der Waals surface area contributed by atoms with Crippen molar-refractivity contribution in [2.75, 3.05) is 0 Å². The van der Waals surface area contributed by atoms with Crippen molar-refractivity contribution in [1.82, 2.24) is 9.55 Å². The molecule has 0 N–H and O–H groups in total. The Balaban J connectivity index is 0.000000188. The number of imidazole rings is 1. The van der Waals surface area contributed by atoms with E-state index >= 15 is 0 Å². The van der Waals surface area contributed by atoms with Gasteiger partial charge in [-0.3, -0.25) is 0 Å². The van der Waals surface area contributed by atoms with Gasteiger partial charge in [0.25, 0.3) is 0 Å². The third-order valence-electron chi connectivity index (χ3n) is 3.64. The van der Waals surface area contributed by atoms with Crippen LogP contribution < -0.4 is 0 Å². The predicted octanol–water partition coefficient (Wildman–Crippen LogP) is 3.70. The lowest BCUT2D eigenvalue weighted by atomic mass is 9.76. The summed E-state index contributed by atoms with van der Waals surface area (Å²) < 4.78 is 2.07. The second kappa shape index (κ2) is 8.88. The molecule has 0 aliphatic carbocycles. The minimum Gasteiger partial charge on any atom is -0.338 e. The molecule has 0 spiro atoms. The lowest BCUT2D eigenvalue weighted by Gasteiger charge is -2.11. The number of rotatable bonds is 4. The average Bonchev–Trinajstić information content (AvgIpc) is 3.10. The zero-order chi connectivity index (χ0) is 15.6. The minimum atomic E-state index is 0.484. The summed E-state index contributed by atoms with van der Waals surface area (Å²) in [5.74, 6) is 0.484. The van der Waals surface area contributed by atoms with E-state index in [0.29, 0.717) is 5.82 Å². The Hall–Kier alpha value is -2.29. The van der Waals surface area contributed by atoms with Crippen LogP contribution in [0.15, 0.2) is 79.4 Å². The highest BCUT2D eigenvalue weighted by Gasteiger charge is 2.05. The van der Waals surface area contributed by atoms with Gasteiger partial charge in [-0.15, -0.1) is 0 Å². The number of aryl methyl sites for hydroxylation is 1. The van der Waals surface area contributed by atoms with Crippen LogP contribution in [0.5, 0.6) is 0 Å². The molecular formula is C19H23BN2. The molecule has 0 saturated carbocycles. The normalized spacial score (nSPS) is 10.1. The third kappa shape index (κ3) is 4.92. The van der Waals surface area contributed by atoms with Crippen molar-refractivity contribution in [3.8, 4) is 0 Å². The van der Waals surface area contributed by atoms with Crippen LogP contribution in [-0.4, -0.2) is 17.4 Å². The molecule has 0 saturated heterocycles. The number of benzene rings is 2. The van der Waals surface area contributed by atoms with Crippen molar-refractivity contribution in [3.05, 3.63) is 90.5 Å². The van der Waals surface area contributed by atoms with E-state index in [1.165, 1.54) is 17.5 Å². The van der Waals surface area contributed by atoms with Crippen LogP contribution >= 0.6 is 0 Å². The van der Waals surface area contributed by atoms with Gasteiger partial charge in [0, 0.05) is 18.9 Å². The zero-order valence-electron chi connectivity index (χ0n) is 13.4. The standard InChI is InChI=1S/C13H13B.C6H10N2/c14-13(11-7-3-1-4-8-11)12-9-5-2-6-10-12;1-2-4-8-5-3-7-6-8/h1-10,13H,14H2;3,5-6H,2,4H2,1H3. The Morgan fingerprint density at radius 3 is 1.91 bits per heavy atom. The first-order chi connectivity index (χ1) is 10.8. The Bertz CT molecular complexity index is 582. The summed E-state index contributed by atoms with van der Waals surface area (Å²) in [6, 6.07) is 21.2. The van der Waals surface area contributed by atoms with Gasteiger partial charge in [0.05, 0.1) is 6.33 Å². The van der Waals surface area contributed by atoms with Gasteiger partial charge < -0.3 is 4.57 Å². The molecule has 0 atom stereocenters. The second-order valence-electron chi connectivity index (χ2n) is 5.34. The Morgan fingerprint density at radius 2 is 1.50 bits per heavy atom. The van der Waals surface area contributed by atoms with E-state index < -0.39 is 0 Å². The van der Waals surface area contributed by atoms with Crippen LogP contribution in [-0.2, 0) is 6.54 Å². The summed E-state index contributed by atoms with van der Waals surface area (Å²) in [6.07, 6.45) is 6.79. The molecule has 0 radical (unpaired) electrons. The topological polar surface area (TPSA) is 17.8 Å². The lowest BCUT2D eigenvalue weighted by molar-refractivity contribution is 0.678. The van der Waals surface area contributed by atoms with Gasteiger partial charge in [-0.05, 0) is 23.4 Å². The van der Waals surface area contributed by atoms with Gasteiger partial charge in [0.1, 0.15) is 7.85 Å². The molecule has 0 fully saturated rings. The summed E-state index contributed by atoms with van der Waals surface area (Å²) >= 11 is 0. The highest BCUT2D eigenvalue weighted by Crippen LogP contribution is 2.20. The molecule has 0 aliphatic rings. The molecule has 0 bridgehead atoms. The lowest BCUT2D eigenvalue weighted by Crippen LogP contribution is -1.99. The fourth-order valence-corrected chi connectivity index (χ4v) is 2.35. The molecule has 2 aromatic carbocycles. The van der Waals surface area contributed by atoms with Crippen molar-refractivity contribution < 1.29 is 0 Å². The van der Waals surface area contributed by atoms with Crippen molar-refractivity contribution in [3.63, 3.8) is 0 Å². The van der Waals surface area contributed by atoms with E-state index in [0.717, 1.165) is 6.54 Å². The fourth-order valence-electron chi connectivity index (χ4n) is 2.35. The second-order valence-corrected chi connectivity index (χ2v) is 5.34. The maximum Gasteiger partial charge on any atom is 0.116 e. The molecule has 3 rings (SSSR count). The largest absolute Gasteiger partial charge is 0.338 e. The first kappa shape index (κ1) is 16.1. The van der Waals surface area contributed by atoms with Crippen LogP contribution in [0.2, 0.25) is 0 Å². The monoisotopic (exact) mass is 290 g/mol. The SMILES string of the molecule is BC(c1ccccc1)c1ccccc1.CCCn1ccnc1. The molecule has 1 aromatic heterocycles. The number of hydrogen-bond donors (Lipinski definition) is 0. The van der Waals surface area contributed by atoms with Crippen LogP contribution in [0.1, 0.15) is 30.3 Å². The van der Waals surface area contributed by atoms with Crippen LogP contribution in [0.25, 0.3) is 0 Å². The number of nitrogens with zero attached hydrogens (tertiary/aromatic N) is 2. The molecule has 3 heteroatoms. The van der Waals surface area contributed by atoms with Crippen molar-refractivity contribution in [2.45, 2.75) is 25.7 Å².